The molecule has 0 bridgehead atoms. The van der Waals surface area contributed by atoms with Crippen molar-refractivity contribution in [3.63, 3.8) is 0 Å². The second kappa shape index (κ2) is 5.38. The average Bonchev–Trinajstić information content (AvgIpc) is 3.01. The SMILES string of the molecule is O=C(CN1C[C@H]2CNC[C@H]2C1)NCc1cccs1. The van der Waals surface area contributed by atoms with E-state index in [1.165, 1.54) is 4.88 Å². The highest BCUT2D eigenvalue weighted by atomic mass is 32.1. The Morgan fingerprint density at radius 1 is 1.44 bits per heavy atom. The minimum atomic E-state index is 0.149. The zero-order valence-corrected chi connectivity index (χ0v) is 11.2. The van der Waals surface area contributed by atoms with Crippen molar-refractivity contribution in [1.29, 1.82) is 0 Å². The molecule has 1 aromatic heterocycles. The number of hydrogen-bond donors (Lipinski definition) is 2. The number of fused-ring (bicyclic) bond motifs is 1. The van der Waals surface area contributed by atoms with Crippen LogP contribution in [-0.2, 0) is 11.3 Å². The smallest absolute Gasteiger partial charge is 0.234 e. The summed E-state index contributed by atoms with van der Waals surface area (Å²) in [5.41, 5.74) is 0. The van der Waals surface area contributed by atoms with Crippen molar-refractivity contribution < 1.29 is 4.79 Å². The van der Waals surface area contributed by atoms with E-state index in [1.54, 1.807) is 11.3 Å². The van der Waals surface area contributed by atoms with Gasteiger partial charge in [-0.2, -0.15) is 0 Å². The highest BCUT2D eigenvalue weighted by Crippen LogP contribution is 2.25. The summed E-state index contributed by atoms with van der Waals surface area (Å²) in [6, 6.07) is 4.07. The van der Waals surface area contributed by atoms with Gasteiger partial charge in [0, 0.05) is 18.0 Å². The van der Waals surface area contributed by atoms with Crippen LogP contribution in [0, 0.1) is 11.8 Å². The summed E-state index contributed by atoms with van der Waals surface area (Å²) < 4.78 is 0. The van der Waals surface area contributed by atoms with Gasteiger partial charge in [0.1, 0.15) is 0 Å². The van der Waals surface area contributed by atoms with Gasteiger partial charge in [-0.15, -0.1) is 11.3 Å². The molecule has 0 radical (unpaired) electrons. The van der Waals surface area contributed by atoms with Gasteiger partial charge < -0.3 is 10.6 Å². The normalized spacial score (nSPS) is 27.3. The van der Waals surface area contributed by atoms with Crippen LogP contribution >= 0.6 is 11.3 Å². The quantitative estimate of drug-likeness (QED) is 0.834. The third-order valence-corrected chi connectivity index (χ3v) is 4.75. The average molecular weight is 265 g/mol. The van der Waals surface area contributed by atoms with Crippen LogP contribution < -0.4 is 10.6 Å². The second-order valence-electron chi connectivity index (χ2n) is 5.23. The lowest BCUT2D eigenvalue weighted by molar-refractivity contribution is -0.122. The van der Waals surface area contributed by atoms with Crippen molar-refractivity contribution >= 4 is 17.2 Å². The molecule has 4 nitrogen and oxygen atoms in total. The molecule has 3 rings (SSSR count). The van der Waals surface area contributed by atoms with E-state index in [0.29, 0.717) is 13.1 Å². The Balaban J connectivity index is 1.42. The molecule has 98 valence electrons. The Morgan fingerprint density at radius 3 is 2.89 bits per heavy atom. The van der Waals surface area contributed by atoms with Gasteiger partial charge in [0.15, 0.2) is 0 Å². The molecule has 1 amide bonds. The van der Waals surface area contributed by atoms with Crippen LogP contribution in [0.25, 0.3) is 0 Å². The van der Waals surface area contributed by atoms with E-state index < -0.39 is 0 Å². The number of thiophene rings is 1. The van der Waals surface area contributed by atoms with Crippen molar-refractivity contribution in [3.05, 3.63) is 22.4 Å². The van der Waals surface area contributed by atoms with Crippen molar-refractivity contribution in [1.82, 2.24) is 15.5 Å². The fourth-order valence-corrected chi connectivity index (χ4v) is 3.58. The van der Waals surface area contributed by atoms with Gasteiger partial charge in [0.2, 0.25) is 5.91 Å². The Labute approximate surface area is 111 Å². The molecule has 0 unspecified atom stereocenters. The molecule has 2 atom stereocenters. The number of nitrogens with one attached hydrogen (secondary N) is 2. The standard InChI is InChI=1S/C13H19N3OS/c17-13(15-6-12-2-1-3-18-12)9-16-7-10-4-14-5-11(10)8-16/h1-3,10-11,14H,4-9H2,(H,15,17)/t10-,11+. The van der Waals surface area contributed by atoms with Crippen molar-refractivity contribution in [2.75, 3.05) is 32.7 Å². The molecule has 0 aromatic carbocycles. The maximum absolute atomic E-state index is 11.9. The summed E-state index contributed by atoms with van der Waals surface area (Å²) in [4.78, 5) is 15.4. The highest BCUT2D eigenvalue weighted by Gasteiger charge is 2.36. The first-order valence-electron chi connectivity index (χ1n) is 6.53. The van der Waals surface area contributed by atoms with E-state index in [0.717, 1.165) is 38.0 Å². The van der Waals surface area contributed by atoms with Crippen LogP contribution in [0.2, 0.25) is 0 Å². The molecule has 2 aliphatic heterocycles. The molecule has 0 spiro atoms. The van der Waals surface area contributed by atoms with Gasteiger partial charge in [-0.3, -0.25) is 9.69 Å². The number of rotatable bonds is 4. The molecule has 2 saturated heterocycles. The number of carbonyl (C=O) groups is 1. The van der Waals surface area contributed by atoms with Gasteiger partial charge in [0.25, 0.3) is 0 Å². The molecule has 2 aliphatic rings. The number of likely N-dealkylation sites (tertiary alicyclic amines) is 1. The van der Waals surface area contributed by atoms with Gasteiger partial charge in [-0.25, -0.2) is 0 Å². The number of amides is 1. The third kappa shape index (κ3) is 2.74. The first-order valence-corrected chi connectivity index (χ1v) is 7.41. The maximum Gasteiger partial charge on any atom is 0.234 e. The molecule has 2 fully saturated rings. The van der Waals surface area contributed by atoms with E-state index in [1.807, 2.05) is 11.4 Å². The van der Waals surface area contributed by atoms with Crippen LogP contribution in [-0.4, -0.2) is 43.5 Å². The van der Waals surface area contributed by atoms with Crippen molar-refractivity contribution in [3.8, 4) is 0 Å². The molecule has 3 heterocycles. The topological polar surface area (TPSA) is 44.4 Å². The van der Waals surface area contributed by atoms with Gasteiger partial charge in [-0.1, -0.05) is 6.07 Å². The Kier molecular flexibility index (Phi) is 3.63. The summed E-state index contributed by atoms with van der Waals surface area (Å²) in [5, 5.41) is 8.45. The van der Waals surface area contributed by atoms with E-state index in [2.05, 4.69) is 21.6 Å². The minimum Gasteiger partial charge on any atom is -0.350 e. The van der Waals surface area contributed by atoms with Gasteiger partial charge in [-0.05, 0) is 36.4 Å². The first kappa shape index (κ1) is 12.1. The Bertz CT molecular complexity index is 394. The predicted octanol–water partition coefficient (Wildman–Crippen LogP) is 0.516. The highest BCUT2D eigenvalue weighted by molar-refractivity contribution is 7.09. The molecular formula is C13H19N3OS. The van der Waals surface area contributed by atoms with Crippen LogP contribution in [0.5, 0.6) is 0 Å². The van der Waals surface area contributed by atoms with Gasteiger partial charge in [0.05, 0.1) is 13.1 Å². The van der Waals surface area contributed by atoms with E-state index >= 15 is 0 Å². The molecule has 2 N–H and O–H groups in total. The molecule has 18 heavy (non-hydrogen) atoms. The molecule has 0 aliphatic carbocycles. The lowest BCUT2D eigenvalue weighted by atomic mass is 10.0. The fraction of sp³-hybridized carbons (Fsp3) is 0.615. The maximum atomic E-state index is 11.9. The zero-order valence-electron chi connectivity index (χ0n) is 10.4. The molecule has 1 aromatic rings. The summed E-state index contributed by atoms with van der Waals surface area (Å²) in [7, 11) is 0. The Morgan fingerprint density at radius 2 is 2.22 bits per heavy atom. The number of carbonyl (C=O) groups excluding carboxylic acids is 1. The lowest BCUT2D eigenvalue weighted by Gasteiger charge is -2.16. The van der Waals surface area contributed by atoms with E-state index in [-0.39, 0.29) is 5.91 Å². The number of hydrogen-bond acceptors (Lipinski definition) is 4. The fourth-order valence-electron chi connectivity index (χ4n) is 2.94. The molecule has 5 heteroatoms. The monoisotopic (exact) mass is 265 g/mol. The van der Waals surface area contributed by atoms with Gasteiger partial charge >= 0.3 is 0 Å². The second-order valence-corrected chi connectivity index (χ2v) is 6.26. The largest absolute Gasteiger partial charge is 0.350 e. The van der Waals surface area contributed by atoms with Crippen LogP contribution in [0.4, 0.5) is 0 Å². The Hall–Kier alpha value is -0.910. The van der Waals surface area contributed by atoms with Crippen LogP contribution in [0.1, 0.15) is 4.88 Å². The first-order chi connectivity index (χ1) is 8.81. The van der Waals surface area contributed by atoms with Crippen molar-refractivity contribution in [2.24, 2.45) is 11.8 Å². The third-order valence-electron chi connectivity index (χ3n) is 3.87. The summed E-state index contributed by atoms with van der Waals surface area (Å²) in [6.45, 7) is 5.61. The van der Waals surface area contributed by atoms with Crippen LogP contribution in [0.3, 0.4) is 0 Å². The van der Waals surface area contributed by atoms with E-state index in [9.17, 15) is 4.79 Å². The minimum absolute atomic E-state index is 0.149. The lowest BCUT2D eigenvalue weighted by Crippen LogP contribution is -2.37. The predicted molar refractivity (Wildman–Crippen MR) is 72.5 cm³/mol. The summed E-state index contributed by atoms with van der Waals surface area (Å²) in [6.07, 6.45) is 0. The molecular weight excluding hydrogens is 246 g/mol. The number of nitrogens with zero attached hydrogens (tertiary/aromatic N) is 1. The van der Waals surface area contributed by atoms with Crippen LogP contribution in [0.15, 0.2) is 17.5 Å². The summed E-state index contributed by atoms with van der Waals surface area (Å²) in [5.74, 6) is 1.67. The van der Waals surface area contributed by atoms with Crippen molar-refractivity contribution in [2.45, 2.75) is 6.54 Å². The molecule has 0 saturated carbocycles. The zero-order chi connectivity index (χ0) is 12.4. The van der Waals surface area contributed by atoms with E-state index in [4.69, 9.17) is 0 Å². The summed E-state index contributed by atoms with van der Waals surface area (Å²) >= 11 is 1.68.